The molecule has 3 aliphatic rings. The number of hydrogen-bond donors (Lipinski definition) is 0. The van der Waals surface area contributed by atoms with Crippen LogP contribution >= 0.6 is 0 Å². The minimum Gasteiger partial charge on any atom is -0.310 e. The number of fused-ring (bicyclic) bond motifs is 9. The molecule has 0 fully saturated rings. The Balaban J connectivity index is 1.02. The molecule has 368 valence electrons. The van der Waals surface area contributed by atoms with E-state index in [-0.39, 0.29) is 5.41 Å². The third-order valence-electron chi connectivity index (χ3n) is 17.6. The summed E-state index contributed by atoms with van der Waals surface area (Å²) in [4.78, 5) is 2.59. The summed E-state index contributed by atoms with van der Waals surface area (Å²) in [7, 11) is 0. The van der Waals surface area contributed by atoms with Gasteiger partial charge in [-0.2, -0.15) is 0 Å². The van der Waals surface area contributed by atoms with Crippen LogP contribution in [0.5, 0.6) is 0 Å². The summed E-state index contributed by atoms with van der Waals surface area (Å²) in [5.41, 5.74) is 27.1. The van der Waals surface area contributed by atoms with Gasteiger partial charge in [-0.15, -0.1) is 0 Å². The van der Waals surface area contributed by atoms with E-state index >= 15 is 0 Å². The van der Waals surface area contributed by atoms with Gasteiger partial charge in [0.2, 0.25) is 0 Å². The molecule has 0 saturated heterocycles. The van der Waals surface area contributed by atoms with Gasteiger partial charge in [-0.1, -0.05) is 275 Å². The maximum atomic E-state index is 2.59. The summed E-state index contributed by atoms with van der Waals surface area (Å²) in [6, 6.07) is 112. The minimum atomic E-state index is -0.676. The van der Waals surface area contributed by atoms with E-state index in [4.69, 9.17) is 0 Å². The van der Waals surface area contributed by atoms with Crippen LogP contribution in [0.1, 0.15) is 69.5 Å². The number of rotatable bonds is 9. The molecular weight excluding hydrogens is 939 g/mol. The predicted octanol–water partition coefficient (Wildman–Crippen LogP) is 19.5. The van der Waals surface area contributed by atoms with Crippen molar-refractivity contribution in [3.8, 4) is 55.6 Å². The second-order valence-corrected chi connectivity index (χ2v) is 21.9. The van der Waals surface area contributed by atoms with Gasteiger partial charge in [0.05, 0.1) is 16.5 Å². The van der Waals surface area contributed by atoms with E-state index in [2.05, 4.69) is 316 Å². The molecule has 0 N–H and O–H groups in total. The second-order valence-electron chi connectivity index (χ2n) is 21.9. The molecular formula is C77H55N. The molecule has 3 aliphatic carbocycles. The zero-order valence-electron chi connectivity index (χ0n) is 43.7. The van der Waals surface area contributed by atoms with Gasteiger partial charge in [-0.25, -0.2) is 0 Å². The molecule has 0 heterocycles. The van der Waals surface area contributed by atoms with Crippen LogP contribution in [-0.4, -0.2) is 0 Å². The first kappa shape index (κ1) is 45.8. The van der Waals surface area contributed by atoms with E-state index in [1.54, 1.807) is 0 Å². The van der Waals surface area contributed by atoms with Crippen LogP contribution in [0.2, 0.25) is 0 Å². The van der Waals surface area contributed by atoms with Crippen molar-refractivity contribution in [1.82, 2.24) is 0 Å². The number of nitrogens with zero attached hydrogens (tertiary/aromatic N) is 1. The number of hydrogen-bond acceptors (Lipinski definition) is 1. The first-order valence-corrected chi connectivity index (χ1v) is 27.4. The van der Waals surface area contributed by atoms with Gasteiger partial charge in [0.25, 0.3) is 0 Å². The summed E-state index contributed by atoms with van der Waals surface area (Å²) < 4.78 is 0. The Morgan fingerprint density at radius 3 is 1.27 bits per heavy atom. The molecule has 0 amide bonds. The molecule has 12 aromatic rings. The first-order chi connectivity index (χ1) is 38.5. The highest BCUT2D eigenvalue weighted by Crippen LogP contribution is 2.62. The van der Waals surface area contributed by atoms with Gasteiger partial charge in [0.1, 0.15) is 0 Å². The molecule has 1 nitrogen and oxygen atoms in total. The topological polar surface area (TPSA) is 3.24 Å². The lowest BCUT2D eigenvalue weighted by atomic mass is 9.67. The Kier molecular flexibility index (Phi) is 10.4. The molecule has 1 unspecified atom stereocenters. The van der Waals surface area contributed by atoms with Crippen molar-refractivity contribution in [3.05, 3.63) is 353 Å². The Labute approximate surface area is 458 Å². The van der Waals surface area contributed by atoms with Gasteiger partial charge >= 0.3 is 0 Å². The molecule has 0 bridgehead atoms. The average Bonchev–Trinajstić information content (AvgIpc) is 4.09. The average molecular weight is 994 g/mol. The van der Waals surface area contributed by atoms with Crippen LogP contribution in [0.25, 0.3) is 55.6 Å². The molecule has 78 heavy (non-hydrogen) atoms. The first-order valence-electron chi connectivity index (χ1n) is 27.4. The zero-order chi connectivity index (χ0) is 52.0. The predicted molar refractivity (Wildman–Crippen MR) is 324 cm³/mol. The van der Waals surface area contributed by atoms with Gasteiger partial charge in [-0.3, -0.25) is 0 Å². The molecule has 1 atom stereocenters. The van der Waals surface area contributed by atoms with Crippen LogP contribution in [0.4, 0.5) is 17.1 Å². The number of anilines is 3. The normalized spacial score (nSPS) is 15.6. The second kappa shape index (κ2) is 17.8. The molecule has 0 aliphatic heterocycles. The van der Waals surface area contributed by atoms with Crippen molar-refractivity contribution < 1.29 is 0 Å². The Bertz CT molecular complexity index is 4230. The van der Waals surface area contributed by atoms with E-state index in [1.165, 1.54) is 111 Å². The standard InChI is InChI=1S/C77H55N/c1-75(2)67-36-18-15-33-62(67)64-47-45-60(50-71(64)75)78(61-46-48-65-63-34-16-19-37-68(63)76(72(65)51-61,56-28-11-5-12-29-56)57-30-13-6-14-31-57)73-40-22-39-70-74(73)66-35-17-20-38-69(66)77(70,58-43-41-54(42-44-58)52-23-7-3-8-24-52)59-32-21-27-55(49-59)53-25-9-4-10-26-53/h3-51H,1-2H3. The fraction of sp³-hybridized carbons (Fsp3) is 0.0649. The molecule has 15 rings (SSSR count). The van der Waals surface area contributed by atoms with E-state index in [0.717, 1.165) is 17.1 Å². The van der Waals surface area contributed by atoms with Crippen molar-refractivity contribution >= 4 is 17.1 Å². The lowest BCUT2D eigenvalue weighted by Crippen LogP contribution is -2.29. The molecule has 0 radical (unpaired) electrons. The highest BCUT2D eigenvalue weighted by molar-refractivity contribution is 5.99. The molecule has 1 heteroatoms. The third-order valence-corrected chi connectivity index (χ3v) is 17.6. The van der Waals surface area contributed by atoms with Crippen molar-refractivity contribution in [2.75, 3.05) is 4.90 Å². The SMILES string of the molecule is CC1(C)c2ccccc2-c2ccc(N(c3ccc4c(c3)C(c3ccccc3)(c3ccccc3)c3ccccc3-4)c3cccc4c3-c3ccccc3C4(c3ccc(-c4ccccc4)cc3)c3cccc(-c4ccccc4)c3)cc21. The van der Waals surface area contributed by atoms with Crippen molar-refractivity contribution in [3.63, 3.8) is 0 Å². The van der Waals surface area contributed by atoms with E-state index in [0.29, 0.717) is 0 Å². The Morgan fingerprint density at radius 2 is 0.641 bits per heavy atom. The smallest absolute Gasteiger partial charge is 0.0714 e. The monoisotopic (exact) mass is 993 g/mol. The van der Waals surface area contributed by atoms with E-state index in [1.807, 2.05) is 0 Å². The van der Waals surface area contributed by atoms with Crippen molar-refractivity contribution in [1.29, 1.82) is 0 Å². The lowest BCUT2D eigenvalue weighted by Gasteiger charge is -2.36. The molecule has 0 aromatic heterocycles. The maximum absolute atomic E-state index is 2.59. The summed E-state index contributed by atoms with van der Waals surface area (Å²) in [5.74, 6) is 0. The largest absolute Gasteiger partial charge is 0.310 e. The van der Waals surface area contributed by atoms with Gasteiger partial charge in [0, 0.05) is 22.4 Å². The minimum absolute atomic E-state index is 0.209. The van der Waals surface area contributed by atoms with Gasteiger partial charge in [-0.05, 0) is 142 Å². The third kappa shape index (κ3) is 6.61. The lowest BCUT2D eigenvalue weighted by molar-refractivity contribution is 0.660. The molecule has 12 aromatic carbocycles. The zero-order valence-corrected chi connectivity index (χ0v) is 43.7. The van der Waals surface area contributed by atoms with Crippen LogP contribution in [0.3, 0.4) is 0 Å². The highest BCUT2D eigenvalue weighted by Gasteiger charge is 2.49. The van der Waals surface area contributed by atoms with Crippen LogP contribution in [0, 0.1) is 0 Å². The molecule has 0 spiro atoms. The maximum Gasteiger partial charge on any atom is 0.0714 e. The van der Waals surface area contributed by atoms with Crippen molar-refractivity contribution in [2.24, 2.45) is 0 Å². The summed E-state index contributed by atoms with van der Waals surface area (Å²) >= 11 is 0. The quantitative estimate of drug-likeness (QED) is 0.139. The number of benzene rings is 12. The summed E-state index contributed by atoms with van der Waals surface area (Å²) in [6.45, 7) is 4.79. The van der Waals surface area contributed by atoms with Crippen LogP contribution < -0.4 is 4.90 Å². The summed E-state index contributed by atoms with van der Waals surface area (Å²) in [5, 5.41) is 0. The van der Waals surface area contributed by atoms with Gasteiger partial charge in [0.15, 0.2) is 0 Å². The highest BCUT2D eigenvalue weighted by atomic mass is 15.1. The van der Waals surface area contributed by atoms with E-state index in [9.17, 15) is 0 Å². The Hall–Kier alpha value is -9.56. The molecule has 0 saturated carbocycles. The van der Waals surface area contributed by atoms with E-state index < -0.39 is 10.8 Å². The van der Waals surface area contributed by atoms with Crippen molar-refractivity contribution in [2.45, 2.75) is 30.1 Å². The Morgan fingerprint density at radius 1 is 0.244 bits per heavy atom. The summed E-state index contributed by atoms with van der Waals surface area (Å²) in [6.07, 6.45) is 0. The van der Waals surface area contributed by atoms with Crippen LogP contribution in [-0.2, 0) is 16.2 Å². The van der Waals surface area contributed by atoms with Gasteiger partial charge < -0.3 is 4.90 Å². The fourth-order valence-corrected chi connectivity index (χ4v) is 14.2. The fourth-order valence-electron chi connectivity index (χ4n) is 14.2. The van der Waals surface area contributed by atoms with Crippen LogP contribution in [0.15, 0.2) is 297 Å².